The lowest BCUT2D eigenvalue weighted by molar-refractivity contribution is -0.136. The zero-order chi connectivity index (χ0) is 24.6. The highest BCUT2D eigenvalue weighted by Crippen LogP contribution is 2.28. The molecule has 0 aliphatic carbocycles. The number of carboxylic acids is 1. The Morgan fingerprint density at radius 1 is 1.24 bits per heavy atom. The number of carboxylic acid groups (broad SMARTS) is 1. The zero-order valence-electron chi connectivity index (χ0n) is 17.0. The predicted molar refractivity (Wildman–Crippen MR) is 113 cm³/mol. The summed E-state index contributed by atoms with van der Waals surface area (Å²) in [5, 5.41) is 32.4. The predicted octanol–water partition coefficient (Wildman–Crippen LogP) is 2.19. The summed E-state index contributed by atoms with van der Waals surface area (Å²) >= 11 is 0. The quantitative estimate of drug-likeness (QED) is 0.0489. The second kappa shape index (κ2) is 11.2. The first-order valence-electron chi connectivity index (χ1n) is 9.44. The Hall–Kier alpha value is -3.78. The molecule has 14 nitrogen and oxygen atoms in total. The SMILES string of the molecule is [N-]=[N+]=Nc1ccc(CNCCCCC(C(=O)O)S(=O)(=O)O)c(OC(=O)c2cc(O)[nH]c2O)c1. The molecular formula is C18H21N5O9S. The van der Waals surface area contributed by atoms with Crippen molar-refractivity contribution in [3.63, 3.8) is 0 Å². The Kier molecular flexibility index (Phi) is 8.64. The highest BCUT2D eigenvalue weighted by molar-refractivity contribution is 7.87. The van der Waals surface area contributed by atoms with Crippen molar-refractivity contribution >= 4 is 27.7 Å². The normalized spacial score (nSPS) is 12.0. The van der Waals surface area contributed by atoms with Crippen LogP contribution in [0.1, 0.15) is 35.2 Å². The van der Waals surface area contributed by atoms with Crippen molar-refractivity contribution in [1.29, 1.82) is 0 Å². The van der Waals surface area contributed by atoms with Crippen LogP contribution >= 0.6 is 0 Å². The van der Waals surface area contributed by atoms with Crippen LogP contribution in [0.2, 0.25) is 0 Å². The van der Waals surface area contributed by atoms with E-state index in [1.165, 1.54) is 18.2 Å². The van der Waals surface area contributed by atoms with Crippen LogP contribution in [0.25, 0.3) is 10.4 Å². The first-order valence-corrected chi connectivity index (χ1v) is 10.9. The molecular weight excluding hydrogens is 462 g/mol. The number of nitrogens with zero attached hydrogens (tertiary/aromatic N) is 3. The summed E-state index contributed by atoms with van der Waals surface area (Å²) in [5.41, 5.74) is 8.93. The van der Waals surface area contributed by atoms with Crippen LogP contribution in [0.15, 0.2) is 29.4 Å². The van der Waals surface area contributed by atoms with Gasteiger partial charge in [0.25, 0.3) is 10.1 Å². The minimum absolute atomic E-state index is 0.0230. The standard InChI is InChI=1S/C18H21N5O9S/c19-23-22-11-5-4-10(9-20-6-2-1-3-14(17(26)27)33(29,30)31)13(7-11)32-18(28)12-8-15(24)21-16(12)25/h4-5,7-8,14,20-21,24-25H,1-3,6,9H2,(H,26,27)(H,29,30,31). The number of ether oxygens (including phenoxy) is 1. The third-order valence-corrected chi connectivity index (χ3v) is 5.59. The maximum absolute atomic E-state index is 12.3. The molecule has 0 amide bonds. The van der Waals surface area contributed by atoms with Gasteiger partial charge in [-0.05, 0) is 31.0 Å². The Morgan fingerprint density at radius 2 is 1.97 bits per heavy atom. The number of azide groups is 1. The molecule has 0 bridgehead atoms. The lowest BCUT2D eigenvalue weighted by Gasteiger charge is -2.12. The van der Waals surface area contributed by atoms with Crippen molar-refractivity contribution in [3.8, 4) is 17.5 Å². The zero-order valence-corrected chi connectivity index (χ0v) is 17.8. The van der Waals surface area contributed by atoms with E-state index in [9.17, 15) is 28.2 Å². The number of esters is 1. The maximum Gasteiger partial charge on any atom is 0.349 e. The van der Waals surface area contributed by atoms with Crippen molar-refractivity contribution in [1.82, 2.24) is 10.3 Å². The lowest BCUT2D eigenvalue weighted by atomic mass is 10.1. The van der Waals surface area contributed by atoms with E-state index in [-0.39, 0.29) is 36.4 Å². The van der Waals surface area contributed by atoms with Crippen LogP contribution in [0, 0.1) is 0 Å². The van der Waals surface area contributed by atoms with E-state index in [0.29, 0.717) is 18.5 Å². The van der Waals surface area contributed by atoms with Crippen molar-refractivity contribution < 1.29 is 42.6 Å². The van der Waals surface area contributed by atoms with Crippen molar-refractivity contribution in [2.45, 2.75) is 31.1 Å². The van der Waals surface area contributed by atoms with Gasteiger partial charge in [-0.2, -0.15) is 8.42 Å². The molecule has 0 aliphatic rings. The highest BCUT2D eigenvalue weighted by Gasteiger charge is 2.29. The van der Waals surface area contributed by atoms with E-state index in [0.717, 1.165) is 6.07 Å². The summed E-state index contributed by atoms with van der Waals surface area (Å²) in [7, 11) is -4.69. The van der Waals surface area contributed by atoms with Gasteiger partial charge in [0.1, 0.15) is 11.3 Å². The Labute approximate surface area is 187 Å². The average Bonchev–Trinajstić information content (AvgIpc) is 3.05. The second-order valence-corrected chi connectivity index (χ2v) is 8.40. The van der Waals surface area contributed by atoms with Crippen molar-refractivity contribution in [2.75, 3.05) is 6.54 Å². The van der Waals surface area contributed by atoms with Gasteiger partial charge >= 0.3 is 11.9 Å². The van der Waals surface area contributed by atoms with Gasteiger partial charge in [-0.1, -0.05) is 23.7 Å². The number of aliphatic carboxylic acids is 1. The molecule has 6 N–H and O–H groups in total. The molecule has 0 saturated heterocycles. The first kappa shape index (κ1) is 25.5. The fourth-order valence-corrected chi connectivity index (χ4v) is 3.56. The number of hydrogen-bond donors (Lipinski definition) is 6. The molecule has 1 atom stereocenters. The van der Waals surface area contributed by atoms with E-state index in [4.69, 9.17) is 19.9 Å². The Balaban J connectivity index is 2.00. The molecule has 0 aliphatic heterocycles. The van der Waals surface area contributed by atoms with Crippen LogP contribution in [0.4, 0.5) is 5.69 Å². The summed E-state index contributed by atoms with van der Waals surface area (Å²) in [6, 6.07) is 5.30. The lowest BCUT2D eigenvalue weighted by Crippen LogP contribution is -2.29. The highest BCUT2D eigenvalue weighted by atomic mass is 32.2. The number of carbonyl (C=O) groups is 2. The number of nitrogens with one attached hydrogen (secondary N) is 2. The Bertz CT molecular complexity index is 1170. The van der Waals surface area contributed by atoms with Gasteiger partial charge in [0.2, 0.25) is 5.88 Å². The largest absolute Gasteiger partial charge is 0.494 e. The van der Waals surface area contributed by atoms with Crippen molar-refractivity contribution in [3.05, 3.63) is 45.8 Å². The second-order valence-electron chi connectivity index (χ2n) is 6.80. The fraction of sp³-hybridized carbons (Fsp3) is 0.333. The summed E-state index contributed by atoms with van der Waals surface area (Å²) in [6.45, 7) is 0.514. The summed E-state index contributed by atoms with van der Waals surface area (Å²) in [4.78, 5) is 28.0. The monoisotopic (exact) mass is 483 g/mol. The van der Waals surface area contributed by atoms with E-state index >= 15 is 0 Å². The van der Waals surface area contributed by atoms with Gasteiger partial charge in [0.05, 0.1) is 0 Å². The number of rotatable bonds is 12. The van der Waals surface area contributed by atoms with Crippen LogP contribution < -0.4 is 10.1 Å². The maximum atomic E-state index is 12.3. The summed E-state index contributed by atoms with van der Waals surface area (Å²) in [5.74, 6) is -3.61. The van der Waals surface area contributed by atoms with Crippen molar-refractivity contribution in [2.24, 2.45) is 5.11 Å². The third kappa shape index (κ3) is 7.40. The van der Waals surface area contributed by atoms with Crippen LogP contribution in [0.5, 0.6) is 17.5 Å². The molecule has 0 saturated carbocycles. The minimum Gasteiger partial charge on any atom is -0.494 e. The molecule has 2 rings (SSSR count). The van der Waals surface area contributed by atoms with Crippen LogP contribution in [-0.2, 0) is 21.5 Å². The number of carbonyl (C=O) groups excluding carboxylic acids is 1. The molecule has 33 heavy (non-hydrogen) atoms. The van der Waals surface area contributed by atoms with E-state index in [2.05, 4.69) is 20.3 Å². The third-order valence-electron chi connectivity index (χ3n) is 4.44. The van der Waals surface area contributed by atoms with E-state index < -0.39 is 39.1 Å². The molecule has 1 unspecified atom stereocenters. The minimum atomic E-state index is -4.69. The number of aromatic hydroxyl groups is 2. The smallest absolute Gasteiger partial charge is 0.349 e. The number of H-pyrrole nitrogens is 1. The van der Waals surface area contributed by atoms with Gasteiger partial charge in [-0.3, -0.25) is 14.3 Å². The molecule has 0 spiro atoms. The number of aromatic nitrogens is 1. The van der Waals surface area contributed by atoms with E-state index in [1.54, 1.807) is 0 Å². The van der Waals surface area contributed by atoms with Gasteiger partial charge in [-0.15, -0.1) is 0 Å². The molecule has 0 fully saturated rings. The molecule has 178 valence electrons. The van der Waals surface area contributed by atoms with Gasteiger partial charge in [-0.25, -0.2) is 4.79 Å². The fourth-order valence-electron chi connectivity index (χ4n) is 2.84. The number of hydrogen-bond acceptors (Lipinski definition) is 9. The topological polar surface area (TPSA) is 235 Å². The Morgan fingerprint density at radius 3 is 2.55 bits per heavy atom. The number of benzene rings is 1. The van der Waals surface area contributed by atoms with Gasteiger partial charge in [0, 0.05) is 28.8 Å². The van der Waals surface area contributed by atoms with Gasteiger partial charge < -0.3 is 25.4 Å². The van der Waals surface area contributed by atoms with Gasteiger partial charge in [0.15, 0.2) is 11.1 Å². The molecule has 0 radical (unpaired) electrons. The molecule has 1 heterocycles. The molecule has 1 aromatic heterocycles. The number of unbranched alkanes of at least 4 members (excludes halogenated alkanes) is 1. The summed E-state index contributed by atoms with van der Waals surface area (Å²) in [6.07, 6.45) is 0.339. The first-order chi connectivity index (χ1) is 15.5. The molecule has 2 aromatic rings. The summed E-state index contributed by atoms with van der Waals surface area (Å²) < 4.78 is 36.3. The number of aromatic amines is 1. The molecule has 1 aromatic carbocycles. The molecule has 15 heteroatoms. The van der Waals surface area contributed by atoms with Crippen LogP contribution in [-0.4, -0.2) is 57.0 Å². The average molecular weight is 483 g/mol. The van der Waals surface area contributed by atoms with E-state index in [1.807, 2.05) is 0 Å². The van der Waals surface area contributed by atoms with Crippen LogP contribution in [0.3, 0.4) is 0 Å².